The van der Waals surface area contributed by atoms with E-state index < -0.39 is 0 Å². The van der Waals surface area contributed by atoms with Crippen molar-refractivity contribution in [2.45, 2.75) is 58.0 Å². The monoisotopic (exact) mass is 260 g/mol. The number of aromatic nitrogens is 3. The standard InChI is InChI=1S/C15H24N4/c1-10(19-9-14(8-16)17-18-19)15-5-11-2-12(6-15)4-13(3-11)7-15/h9-13H,2-8,16H2,1H3. The zero-order valence-corrected chi connectivity index (χ0v) is 11.8. The third kappa shape index (κ3) is 1.76. The van der Waals surface area contributed by atoms with Crippen LogP contribution in [0, 0.1) is 23.2 Å². The van der Waals surface area contributed by atoms with E-state index in [0.717, 1.165) is 23.4 Å². The molecule has 0 radical (unpaired) electrons. The summed E-state index contributed by atoms with van der Waals surface area (Å²) in [6.45, 7) is 2.84. The number of hydrogen-bond acceptors (Lipinski definition) is 3. The summed E-state index contributed by atoms with van der Waals surface area (Å²) >= 11 is 0. The SMILES string of the molecule is CC(n1cc(CN)nn1)C12CC3CC(CC(C3)C1)C2. The van der Waals surface area contributed by atoms with Gasteiger partial charge in [-0.05, 0) is 68.6 Å². The summed E-state index contributed by atoms with van der Waals surface area (Å²) in [6, 6.07) is 0.480. The molecule has 104 valence electrons. The number of hydrogen-bond donors (Lipinski definition) is 1. The largest absolute Gasteiger partial charge is 0.325 e. The highest BCUT2D eigenvalue weighted by Gasteiger charge is 2.53. The van der Waals surface area contributed by atoms with Crippen LogP contribution < -0.4 is 5.73 Å². The van der Waals surface area contributed by atoms with Crippen molar-refractivity contribution >= 4 is 0 Å². The first-order valence-electron chi connectivity index (χ1n) is 7.79. The van der Waals surface area contributed by atoms with Crippen LogP contribution in [0.5, 0.6) is 0 Å². The Hall–Kier alpha value is -0.900. The molecule has 0 saturated heterocycles. The molecule has 4 aliphatic rings. The lowest BCUT2D eigenvalue weighted by Gasteiger charge is -2.58. The molecule has 0 aliphatic heterocycles. The molecule has 1 unspecified atom stereocenters. The van der Waals surface area contributed by atoms with E-state index in [1.165, 1.54) is 38.5 Å². The molecule has 4 nitrogen and oxygen atoms in total. The molecule has 4 bridgehead atoms. The van der Waals surface area contributed by atoms with Gasteiger partial charge in [0.2, 0.25) is 0 Å². The van der Waals surface area contributed by atoms with Gasteiger partial charge in [0.05, 0.1) is 17.9 Å². The van der Waals surface area contributed by atoms with E-state index in [2.05, 4.69) is 28.1 Å². The summed E-state index contributed by atoms with van der Waals surface area (Å²) in [4.78, 5) is 0. The van der Waals surface area contributed by atoms with E-state index in [-0.39, 0.29) is 0 Å². The van der Waals surface area contributed by atoms with Crippen LogP contribution in [0.2, 0.25) is 0 Å². The summed E-state index contributed by atoms with van der Waals surface area (Å²) in [7, 11) is 0. The minimum absolute atomic E-state index is 0.480. The van der Waals surface area contributed by atoms with Crippen molar-refractivity contribution in [2.24, 2.45) is 28.9 Å². The van der Waals surface area contributed by atoms with Gasteiger partial charge in [-0.15, -0.1) is 5.10 Å². The van der Waals surface area contributed by atoms with Crippen LogP contribution in [0.3, 0.4) is 0 Å². The normalized spacial score (nSPS) is 41.7. The van der Waals surface area contributed by atoms with E-state index in [1.54, 1.807) is 0 Å². The van der Waals surface area contributed by atoms with Crippen molar-refractivity contribution in [3.8, 4) is 0 Å². The quantitative estimate of drug-likeness (QED) is 0.908. The first kappa shape index (κ1) is 11.9. The first-order valence-corrected chi connectivity index (χ1v) is 7.79. The van der Waals surface area contributed by atoms with Gasteiger partial charge in [0.1, 0.15) is 0 Å². The third-order valence-electron chi connectivity index (χ3n) is 6.14. The lowest BCUT2D eigenvalue weighted by atomic mass is 9.48. The van der Waals surface area contributed by atoms with Gasteiger partial charge in [-0.2, -0.15) is 0 Å². The summed E-state index contributed by atoms with van der Waals surface area (Å²) in [5.74, 6) is 2.98. The Bertz CT molecular complexity index is 443. The van der Waals surface area contributed by atoms with Crippen LogP contribution in [0.15, 0.2) is 6.20 Å². The second kappa shape index (κ2) is 4.05. The Balaban J connectivity index is 1.63. The lowest BCUT2D eigenvalue weighted by molar-refractivity contribution is -0.0813. The Morgan fingerprint density at radius 2 is 1.84 bits per heavy atom. The molecule has 0 amide bonds. The van der Waals surface area contributed by atoms with Crippen molar-refractivity contribution in [3.63, 3.8) is 0 Å². The van der Waals surface area contributed by atoms with Crippen molar-refractivity contribution in [3.05, 3.63) is 11.9 Å². The van der Waals surface area contributed by atoms with Gasteiger partial charge in [-0.25, -0.2) is 4.68 Å². The zero-order chi connectivity index (χ0) is 13.0. The summed E-state index contributed by atoms with van der Waals surface area (Å²) < 4.78 is 2.09. The van der Waals surface area contributed by atoms with Crippen LogP contribution in [-0.4, -0.2) is 15.0 Å². The number of nitrogens with two attached hydrogens (primary N) is 1. The van der Waals surface area contributed by atoms with Crippen LogP contribution >= 0.6 is 0 Å². The lowest BCUT2D eigenvalue weighted by Crippen LogP contribution is -2.49. The number of nitrogens with zero attached hydrogens (tertiary/aromatic N) is 3. The van der Waals surface area contributed by atoms with Gasteiger partial charge in [0, 0.05) is 6.54 Å². The van der Waals surface area contributed by atoms with Gasteiger partial charge in [-0.3, -0.25) is 0 Å². The molecule has 4 heteroatoms. The highest BCUT2D eigenvalue weighted by molar-refractivity contribution is 5.05. The molecule has 0 spiro atoms. The van der Waals surface area contributed by atoms with Crippen LogP contribution in [0.1, 0.15) is 57.2 Å². The fourth-order valence-corrected chi connectivity index (χ4v) is 5.57. The summed E-state index contributed by atoms with van der Waals surface area (Å²) in [6.07, 6.45) is 10.8. The predicted octanol–water partition coefficient (Wildman–Crippen LogP) is 2.51. The van der Waals surface area contributed by atoms with Gasteiger partial charge in [0.15, 0.2) is 0 Å². The molecule has 1 heterocycles. The highest BCUT2D eigenvalue weighted by atomic mass is 15.4. The molecular weight excluding hydrogens is 236 g/mol. The Morgan fingerprint density at radius 1 is 1.26 bits per heavy atom. The van der Waals surface area contributed by atoms with Gasteiger partial charge in [-0.1, -0.05) is 5.21 Å². The van der Waals surface area contributed by atoms with E-state index in [0.29, 0.717) is 18.0 Å². The Labute approximate surface area is 114 Å². The Kier molecular flexibility index (Phi) is 2.53. The fraction of sp³-hybridized carbons (Fsp3) is 0.867. The van der Waals surface area contributed by atoms with E-state index in [1.807, 2.05) is 0 Å². The predicted molar refractivity (Wildman–Crippen MR) is 73.2 cm³/mol. The van der Waals surface area contributed by atoms with Crippen molar-refractivity contribution in [1.29, 1.82) is 0 Å². The molecule has 4 fully saturated rings. The molecular formula is C15H24N4. The van der Waals surface area contributed by atoms with E-state index in [9.17, 15) is 0 Å². The average Bonchev–Trinajstić information content (AvgIpc) is 2.84. The first-order chi connectivity index (χ1) is 9.18. The van der Waals surface area contributed by atoms with Crippen molar-refractivity contribution < 1.29 is 0 Å². The smallest absolute Gasteiger partial charge is 0.0962 e. The van der Waals surface area contributed by atoms with Gasteiger partial charge in [0.25, 0.3) is 0 Å². The van der Waals surface area contributed by atoms with Crippen LogP contribution in [-0.2, 0) is 6.54 Å². The molecule has 1 aromatic rings. The second-order valence-electron chi connectivity index (χ2n) is 7.35. The van der Waals surface area contributed by atoms with Crippen molar-refractivity contribution in [1.82, 2.24) is 15.0 Å². The maximum absolute atomic E-state index is 5.65. The molecule has 4 aliphatic carbocycles. The molecule has 2 N–H and O–H groups in total. The molecule has 0 aromatic carbocycles. The molecule has 5 rings (SSSR count). The topological polar surface area (TPSA) is 56.7 Å². The van der Waals surface area contributed by atoms with Crippen LogP contribution in [0.4, 0.5) is 0 Å². The minimum Gasteiger partial charge on any atom is -0.325 e. The zero-order valence-electron chi connectivity index (χ0n) is 11.8. The fourth-order valence-electron chi connectivity index (χ4n) is 5.57. The molecule has 4 saturated carbocycles. The maximum atomic E-state index is 5.65. The van der Waals surface area contributed by atoms with Crippen molar-refractivity contribution in [2.75, 3.05) is 0 Å². The summed E-state index contributed by atoms with van der Waals surface area (Å²) in [5.41, 5.74) is 7.06. The Morgan fingerprint density at radius 3 is 2.32 bits per heavy atom. The third-order valence-corrected chi connectivity index (χ3v) is 6.14. The molecule has 19 heavy (non-hydrogen) atoms. The second-order valence-corrected chi connectivity index (χ2v) is 7.35. The van der Waals surface area contributed by atoms with E-state index >= 15 is 0 Å². The molecule has 1 aromatic heterocycles. The highest BCUT2D eigenvalue weighted by Crippen LogP contribution is 2.63. The summed E-state index contributed by atoms with van der Waals surface area (Å²) in [5, 5.41) is 8.50. The minimum atomic E-state index is 0.480. The van der Waals surface area contributed by atoms with Gasteiger partial charge < -0.3 is 5.73 Å². The van der Waals surface area contributed by atoms with E-state index in [4.69, 9.17) is 5.73 Å². The molecule has 1 atom stereocenters. The average molecular weight is 260 g/mol. The van der Waals surface area contributed by atoms with Gasteiger partial charge >= 0.3 is 0 Å². The maximum Gasteiger partial charge on any atom is 0.0962 e. The number of rotatable bonds is 3. The van der Waals surface area contributed by atoms with Crippen LogP contribution in [0.25, 0.3) is 0 Å².